The minimum Gasteiger partial charge on any atom is -0.382 e. The molecular weight excluding hydrogens is 594 g/mol. The number of fused-ring (bicyclic) bond motifs is 5. The molecule has 0 amide bonds. The van der Waals surface area contributed by atoms with Crippen molar-refractivity contribution in [1.82, 2.24) is 19.8 Å². The summed E-state index contributed by atoms with van der Waals surface area (Å²) < 4.78 is 11.4. The smallest absolute Gasteiger partial charge is 0.0801 e. The van der Waals surface area contributed by atoms with Gasteiger partial charge in [-0.25, -0.2) is 0 Å². The van der Waals surface area contributed by atoms with E-state index in [4.69, 9.17) is 19.4 Å². The molecular formula is C28H42Cl4N6O2. The summed E-state index contributed by atoms with van der Waals surface area (Å²) in [6, 6.07) is 12.6. The lowest BCUT2D eigenvalue weighted by Gasteiger charge is -2.14. The lowest BCUT2D eigenvalue weighted by molar-refractivity contribution is 0.126. The first-order valence-electron chi connectivity index (χ1n) is 12.6. The Morgan fingerprint density at radius 1 is 0.550 bits per heavy atom. The summed E-state index contributed by atoms with van der Waals surface area (Å²) in [5.41, 5.74) is 4.08. The minimum absolute atomic E-state index is 0. The van der Waals surface area contributed by atoms with E-state index >= 15 is 0 Å². The highest BCUT2D eigenvalue weighted by Crippen LogP contribution is 2.34. The first-order valence-corrected chi connectivity index (χ1v) is 12.6. The predicted molar refractivity (Wildman–Crippen MR) is 179 cm³/mol. The SMILES string of the molecule is CN(C)CCOCCNc1ccnc2c1ccc1c2ccc2c(NCCOCCN(C)C)ccnc21.Cl.Cl.Cl.Cl. The van der Waals surface area contributed by atoms with Gasteiger partial charge in [0.05, 0.1) is 37.5 Å². The highest BCUT2D eigenvalue weighted by molar-refractivity contribution is 6.18. The van der Waals surface area contributed by atoms with Crippen LogP contribution in [0.1, 0.15) is 0 Å². The number of halogens is 4. The van der Waals surface area contributed by atoms with Gasteiger partial charge in [-0.1, -0.05) is 24.3 Å². The zero-order valence-electron chi connectivity index (χ0n) is 23.5. The van der Waals surface area contributed by atoms with Crippen LogP contribution >= 0.6 is 49.6 Å². The highest BCUT2D eigenvalue weighted by Gasteiger charge is 2.11. The number of nitrogens with zero attached hydrogens (tertiary/aromatic N) is 4. The Labute approximate surface area is 262 Å². The monoisotopic (exact) mass is 634 g/mol. The summed E-state index contributed by atoms with van der Waals surface area (Å²) in [7, 11) is 8.20. The van der Waals surface area contributed by atoms with Gasteiger partial charge in [0.1, 0.15) is 0 Å². The quantitative estimate of drug-likeness (QED) is 0.137. The Bertz CT molecular complexity index is 1200. The van der Waals surface area contributed by atoms with Crippen molar-refractivity contribution in [3.63, 3.8) is 0 Å². The zero-order chi connectivity index (χ0) is 25.3. The molecule has 0 spiro atoms. The van der Waals surface area contributed by atoms with Gasteiger partial charge < -0.3 is 29.9 Å². The molecule has 0 bridgehead atoms. The van der Waals surface area contributed by atoms with Crippen LogP contribution in [-0.2, 0) is 9.47 Å². The van der Waals surface area contributed by atoms with Crippen LogP contribution in [0.3, 0.4) is 0 Å². The van der Waals surface area contributed by atoms with E-state index in [-0.39, 0.29) is 49.6 Å². The highest BCUT2D eigenvalue weighted by atomic mass is 35.5. The molecule has 2 aromatic heterocycles. The molecule has 8 nitrogen and oxygen atoms in total. The normalized spacial score (nSPS) is 10.7. The molecule has 2 aromatic carbocycles. The molecule has 12 heteroatoms. The molecule has 0 fully saturated rings. The van der Waals surface area contributed by atoms with E-state index in [2.05, 4.69) is 72.9 Å². The number of aromatic nitrogens is 2. The van der Waals surface area contributed by atoms with Crippen LogP contribution in [0.4, 0.5) is 11.4 Å². The summed E-state index contributed by atoms with van der Waals surface area (Å²) in [5.74, 6) is 0. The van der Waals surface area contributed by atoms with Crippen LogP contribution in [0, 0.1) is 0 Å². The first-order chi connectivity index (χ1) is 17.5. The van der Waals surface area contributed by atoms with Crippen molar-refractivity contribution in [2.24, 2.45) is 0 Å². The van der Waals surface area contributed by atoms with Crippen LogP contribution < -0.4 is 10.6 Å². The van der Waals surface area contributed by atoms with Gasteiger partial charge in [-0.3, -0.25) is 9.97 Å². The van der Waals surface area contributed by atoms with Crippen LogP contribution in [0.25, 0.3) is 32.6 Å². The van der Waals surface area contributed by atoms with Crippen LogP contribution in [0.15, 0.2) is 48.8 Å². The number of ether oxygens (including phenoxy) is 2. The van der Waals surface area contributed by atoms with E-state index in [1.165, 1.54) is 0 Å². The Morgan fingerprint density at radius 3 is 1.30 bits per heavy atom. The van der Waals surface area contributed by atoms with Gasteiger partial charge in [0.15, 0.2) is 0 Å². The average Bonchev–Trinajstić information content (AvgIpc) is 2.87. The second kappa shape index (κ2) is 19.3. The Morgan fingerprint density at radius 2 is 0.925 bits per heavy atom. The topological polar surface area (TPSA) is 74.8 Å². The maximum Gasteiger partial charge on any atom is 0.0801 e. The number of hydrogen-bond donors (Lipinski definition) is 2. The van der Waals surface area contributed by atoms with E-state index in [9.17, 15) is 0 Å². The molecule has 0 saturated heterocycles. The molecule has 0 atom stereocenters. The zero-order valence-corrected chi connectivity index (χ0v) is 26.8. The maximum atomic E-state index is 5.72. The van der Waals surface area contributed by atoms with Gasteiger partial charge in [-0.2, -0.15) is 0 Å². The maximum absolute atomic E-state index is 5.72. The van der Waals surface area contributed by atoms with Crippen molar-refractivity contribution in [3.8, 4) is 0 Å². The standard InChI is InChI=1S/C28H38N6O2.4ClH/c1-33(2)15-19-35-17-13-29-25-9-11-31-27-21-6-8-24-26(30-14-18-36-20-16-34(3)4)10-12-32-28(24)22(21)5-7-23(25)27;;;;/h5-12H,13-20H2,1-4H3,(H,29,31)(H,30,32);4*1H. The fraction of sp³-hybridized carbons (Fsp3) is 0.429. The lowest BCUT2D eigenvalue weighted by Crippen LogP contribution is -2.20. The van der Waals surface area contributed by atoms with E-state index < -0.39 is 0 Å². The number of anilines is 2. The van der Waals surface area contributed by atoms with Gasteiger partial charge in [0.2, 0.25) is 0 Å². The van der Waals surface area contributed by atoms with Crippen molar-refractivity contribution in [3.05, 3.63) is 48.8 Å². The van der Waals surface area contributed by atoms with Crippen LogP contribution in [0.5, 0.6) is 0 Å². The van der Waals surface area contributed by atoms with Gasteiger partial charge in [-0.05, 0) is 40.3 Å². The Kier molecular flexibility index (Phi) is 18.4. The fourth-order valence-electron chi connectivity index (χ4n) is 4.16. The van der Waals surface area contributed by atoms with Crippen molar-refractivity contribution in [2.45, 2.75) is 0 Å². The molecule has 0 aliphatic heterocycles. The molecule has 224 valence electrons. The molecule has 4 rings (SSSR count). The Hall–Kier alpha value is -1.88. The molecule has 2 heterocycles. The van der Waals surface area contributed by atoms with Crippen molar-refractivity contribution < 1.29 is 9.47 Å². The number of pyridine rings is 2. The second-order valence-corrected chi connectivity index (χ2v) is 9.42. The predicted octanol–water partition coefficient (Wildman–Crippen LogP) is 5.60. The number of rotatable bonds is 14. The first kappa shape index (κ1) is 38.1. The summed E-state index contributed by atoms with van der Waals surface area (Å²) in [6.07, 6.45) is 3.73. The molecule has 0 unspecified atom stereocenters. The Balaban J connectivity index is 0.00000380. The van der Waals surface area contributed by atoms with Gasteiger partial charge >= 0.3 is 0 Å². The molecule has 0 aliphatic carbocycles. The third kappa shape index (κ3) is 10.2. The second-order valence-electron chi connectivity index (χ2n) is 9.42. The summed E-state index contributed by atoms with van der Waals surface area (Å²) in [6.45, 7) is 6.14. The molecule has 4 aromatic rings. The number of hydrogen-bond acceptors (Lipinski definition) is 8. The third-order valence-electron chi connectivity index (χ3n) is 6.10. The average molecular weight is 636 g/mol. The van der Waals surface area contributed by atoms with Gasteiger partial charge in [0, 0.05) is 71.5 Å². The number of likely N-dealkylation sites (N-methyl/N-ethyl adjacent to an activating group) is 2. The van der Waals surface area contributed by atoms with E-state index in [1.54, 1.807) is 0 Å². The summed E-state index contributed by atoms with van der Waals surface area (Å²) >= 11 is 0. The summed E-state index contributed by atoms with van der Waals surface area (Å²) in [4.78, 5) is 13.7. The third-order valence-corrected chi connectivity index (χ3v) is 6.10. The van der Waals surface area contributed by atoms with Crippen LogP contribution in [0.2, 0.25) is 0 Å². The van der Waals surface area contributed by atoms with Crippen molar-refractivity contribution in [1.29, 1.82) is 0 Å². The number of nitrogens with one attached hydrogen (secondary N) is 2. The van der Waals surface area contributed by atoms with E-state index in [1.807, 2.05) is 24.5 Å². The van der Waals surface area contributed by atoms with Crippen molar-refractivity contribution in [2.75, 3.05) is 91.4 Å². The minimum atomic E-state index is 0. The molecule has 0 saturated carbocycles. The molecule has 0 aliphatic rings. The summed E-state index contributed by atoms with van der Waals surface area (Å²) in [5, 5.41) is 11.4. The van der Waals surface area contributed by atoms with Crippen molar-refractivity contribution >= 4 is 93.6 Å². The largest absolute Gasteiger partial charge is 0.382 e. The number of benzene rings is 2. The van der Waals surface area contributed by atoms with Crippen LogP contribution in [-0.4, -0.2) is 101 Å². The molecule has 2 N–H and O–H groups in total. The fourth-order valence-corrected chi connectivity index (χ4v) is 4.16. The van der Waals surface area contributed by atoms with Gasteiger partial charge in [0.25, 0.3) is 0 Å². The van der Waals surface area contributed by atoms with Gasteiger partial charge in [-0.15, -0.1) is 49.6 Å². The van der Waals surface area contributed by atoms with E-state index in [0.29, 0.717) is 13.2 Å². The molecule has 40 heavy (non-hydrogen) atoms. The van der Waals surface area contributed by atoms with E-state index in [0.717, 1.165) is 83.3 Å². The lowest BCUT2D eigenvalue weighted by atomic mass is 10.0. The molecule has 0 radical (unpaired) electrons.